The second-order valence-corrected chi connectivity index (χ2v) is 1.55. The summed E-state index contributed by atoms with van der Waals surface area (Å²) in [6.07, 6.45) is -4.71. The van der Waals surface area contributed by atoms with Gasteiger partial charge in [-0.2, -0.15) is 0 Å². The van der Waals surface area contributed by atoms with Gasteiger partial charge in [0, 0.05) is 21.1 Å². The predicted octanol–water partition coefficient (Wildman–Crippen LogP) is -6.46. The van der Waals surface area contributed by atoms with Crippen molar-refractivity contribution in [1.82, 2.24) is 0 Å². The Bertz CT molecular complexity index is 144. The van der Waals surface area contributed by atoms with E-state index in [-0.39, 0.29) is 72.4 Å². The molecular weight excluding hydrogens is 279 g/mol. The van der Waals surface area contributed by atoms with E-state index < -0.39 is 24.1 Å². The summed E-state index contributed by atoms with van der Waals surface area (Å²) in [4.78, 5) is 19.4. The van der Waals surface area contributed by atoms with Crippen molar-refractivity contribution in [2.75, 3.05) is 0 Å². The van der Waals surface area contributed by atoms with Crippen molar-refractivity contribution in [3.63, 3.8) is 0 Å². The number of aliphatic hydroxyl groups excluding tert-OH is 2. The van der Waals surface area contributed by atoms with Gasteiger partial charge in [-0.05, 0) is 0 Å². The fourth-order valence-corrected chi connectivity index (χ4v) is 0.264. The van der Waals surface area contributed by atoms with Gasteiger partial charge in [-0.25, -0.2) is 4.79 Å². The molecule has 0 spiro atoms. The molecule has 0 aromatic carbocycles. The van der Waals surface area contributed by atoms with Crippen LogP contribution in [0.4, 0.5) is 0 Å². The summed E-state index contributed by atoms with van der Waals surface area (Å²) in [6.45, 7) is 0. The van der Waals surface area contributed by atoms with Gasteiger partial charge in [0.25, 0.3) is 0 Å². The van der Waals surface area contributed by atoms with Gasteiger partial charge in [-0.1, -0.05) is 0 Å². The Morgan fingerprint density at radius 1 is 1.17 bits per heavy atom. The Hall–Kier alpha value is 1.18. The Balaban J connectivity index is -0.000000405. The van der Waals surface area contributed by atoms with Crippen LogP contribution in [0.3, 0.4) is 0 Å². The third-order valence-corrected chi connectivity index (χ3v) is 0.794. The minimum atomic E-state index is -2.38. The third-order valence-electron chi connectivity index (χ3n) is 0.794. The van der Waals surface area contributed by atoms with E-state index in [0.717, 1.165) is 0 Å². The summed E-state index contributed by atoms with van der Waals surface area (Å²) in [6, 6.07) is 0. The van der Waals surface area contributed by atoms with Crippen molar-refractivity contribution < 1.29 is 102 Å². The number of hydrogen-bond acceptors (Lipinski definition) is 5. The topological polar surface area (TPSA) is 118 Å². The maximum absolute atomic E-state index is 9.74. The number of hydrogen-bond donors (Lipinski definition) is 3. The minimum absolute atomic E-state index is 0. The minimum Gasteiger partial charge on any atom is -0.547 e. The normalized spacial score (nSPS) is 13.2. The molecule has 0 aliphatic heterocycles. The Morgan fingerprint density at radius 3 is 1.58 bits per heavy atom. The summed E-state index contributed by atoms with van der Waals surface area (Å²) in [5.41, 5.74) is 0. The van der Waals surface area contributed by atoms with E-state index in [1.54, 1.807) is 0 Å². The molecule has 0 saturated carbocycles. The second kappa shape index (κ2) is 8.77. The van der Waals surface area contributed by atoms with Gasteiger partial charge in [0.2, 0.25) is 0 Å². The van der Waals surface area contributed by atoms with Gasteiger partial charge < -0.3 is 25.2 Å². The van der Waals surface area contributed by atoms with Crippen LogP contribution in [0.1, 0.15) is 0 Å². The molecule has 0 aliphatic carbocycles. The molecule has 0 saturated heterocycles. The van der Waals surface area contributed by atoms with E-state index in [1.165, 1.54) is 0 Å². The first kappa shape index (κ1) is 18.9. The van der Waals surface area contributed by atoms with Gasteiger partial charge in [0.15, 0.2) is 6.10 Å². The largest absolute Gasteiger partial charge is 1.00 e. The standard InChI is InChI=1S/C4H6O6.K.Mo/c5-1(3(7)8)2(6)4(9)10;;/h1-2,5-6H,(H,7,8)(H,9,10);;/q;+1;/p-1. The van der Waals surface area contributed by atoms with E-state index in [9.17, 15) is 14.7 Å². The maximum atomic E-state index is 9.74. The molecule has 0 aromatic rings. The third kappa shape index (κ3) is 6.67. The average molecular weight is 284 g/mol. The molecule has 0 rings (SSSR count). The van der Waals surface area contributed by atoms with Crippen molar-refractivity contribution in [3.8, 4) is 0 Å². The average Bonchev–Trinajstić information content (AvgIpc) is 1.84. The SMILES string of the molecule is O=C([O-])C(O)C(O)C(=O)O.[K+].[Mo]. The predicted molar refractivity (Wildman–Crippen MR) is 24.7 cm³/mol. The Morgan fingerprint density at radius 2 is 1.50 bits per heavy atom. The van der Waals surface area contributed by atoms with Gasteiger partial charge in [-0.15, -0.1) is 0 Å². The van der Waals surface area contributed by atoms with Gasteiger partial charge in [0.1, 0.15) is 6.10 Å². The summed E-state index contributed by atoms with van der Waals surface area (Å²) >= 11 is 0. The van der Waals surface area contributed by atoms with Crippen molar-refractivity contribution in [3.05, 3.63) is 0 Å². The van der Waals surface area contributed by atoms with Crippen LogP contribution in [0.5, 0.6) is 0 Å². The smallest absolute Gasteiger partial charge is 0.547 e. The molecule has 0 aliphatic rings. The Labute approximate surface area is 125 Å². The van der Waals surface area contributed by atoms with Crippen molar-refractivity contribution in [2.24, 2.45) is 0 Å². The molecule has 0 radical (unpaired) electrons. The monoisotopic (exact) mass is 286 g/mol. The first-order valence-electron chi connectivity index (χ1n) is 2.26. The molecule has 0 aromatic heterocycles. The van der Waals surface area contributed by atoms with Crippen molar-refractivity contribution >= 4 is 11.9 Å². The number of carboxylic acid groups (broad SMARTS) is 2. The number of rotatable bonds is 3. The van der Waals surface area contributed by atoms with Crippen LogP contribution in [0.2, 0.25) is 0 Å². The molecule has 64 valence electrons. The molecule has 3 N–H and O–H groups in total. The van der Waals surface area contributed by atoms with E-state index >= 15 is 0 Å². The van der Waals surface area contributed by atoms with Crippen LogP contribution >= 0.6 is 0 Å². The molecule has 2 unspecified atom stereocenters. The molecule has 0 bridgehead atoms. The molecule has 6 nitrogen and oxygen atoms in total. The number of carboxylic acids is 2. The molecule has 0 amide bonds. The van der Waals surface area contributed by atoms with Crippen LogP contribution in [-0.4, -0.2) is 39.5 Å². The first-order chi connectivity index (χ1) is 4.46. The van der Waals surface area contributed by atoms with E-state index in [0.29, 0.717) is 0 Å². The van der Waals surface area contributed by atoms with Crippen LogP contribution in [0.25, 0.3) is 0 Å². The number of aliphatic carboxylic acids is 2. The van der Waals surface area contributed by atoms with E-state index in [1.807, 2.05) is 0 Å². The number of carbonyl (C=O) groups excluding carboxylic acids is 1. The Kier molecular flexibility index (Phi) is 13.8. The summed E-state index contributed by atoms with van der Waals surface area (Å²) in [5, 5.41) is 34.1. The summed E-state index contributed by atoms with van der Waals surface area (Å²) in [5.74, 6) is -3.83. The fraction of sp³-hybridized carbons (Fsp3) is 0.500. The second-order valence-electron chi connectivity index (χ2n) is 1.55. The number of carbonyl (C=O) groups is 2. The van der Waals surface area contributed by atoms with E-state index in [4.69, 9.17) is 15.3 Å². The van der Waals surface area contributed by atoms with Crippen molar-refractivity contribution in [1.29, 1.82) is 0 Å². The molecule has 0 heterocycles. The molecule has 0 fully saturated rings. The maximum Gasteiger partial charge on any atom is 1.00 e. The van der Waals surface area contributed by atoms with E-state index in [2.05, 4.69) is 0 Å². The number of aliphatic hydroxyl groups is 2. The molecular formula is C4H5KMoO6. The zero-order chi connectivity index (χ0) is 8.31. The summed E-state index contributed by atoms with van der Waals surface area (Å²) < 4.78 is 0. The molecule has 12 heavy (non-hydrogen) atoms. The first-order valence-corrected chi connectivity index (χ1v) is 2.26. The van der Waals surface area contributed by atoms with Gasteiger partial charge in [-0.3, -0.25) is 0 Å². The zero-order valence-corrected chi connectivity index (χ0v) is 11.3. The molecule has 2 atom stereocenters. The van der Waals surface area contributed by atoms with Crippen LogP contribution in [0, 0.1) is 0 Å². The van der Waals surface area contributed by atoms with Gasteiger partial charge >= 0.3 is 57.4 Å². The van der Waals surface area contributed by atoms with Crippen LogP contribution in [-0.2, 0) is 30.7 Å². The fourth-order valence-electron chi connectivity index (χ4n) is 0.264. The van der Waals surface area contributed by atoms with Gasteiger partial charge in [0.05, 0.1) is 5.97 Å². The molecule has 8 heteroatoms. The van der Waals surface area contributed by atoms with Crippen LogP contribution in [0.15, 0.2) is 0 Å². The van der Waals surface area contributed by atoms with Crippen LogP contribution < -0.4 is 56.5 Å². The quantitative estimate of drug-likeness (QED) is 0.444. The van der Waals surface area contributed by atoms with Crippen molar-refractivity contribution in [2.45, 2.75) is 12.2 Å². The zero-order valence-electron chi connectivity index (χ0n) is 6.13. The summed E-state index contributed by atoms with van der Waals surface area (Å²) in [7, 11) is 0.